The van der Waals surface area contributed by atoms with Crippen LogP contribution in [0.5, 0.6) is 0 Å². The second kappa shape index (κ2) is 5.33. The van der Waals surface area contributed by atoms with E-state index in [0.29, 0.717) is 17.9 Å². The third kappa shape index (κ3) is 2.39. The Kier molecular flexibility index (Phi) is 3.55. The number of hydrogen-bond acceptors (Lipinski definition) is 5. The van der Waals surface area contributed by atoms with Crippen molar-refractivity contribution in [1.82, 2.24) is 14.9 Å². The van der Waals surface area contributed by atoms with Gasteiger partial charge in [-0.15, -0.1) is 0 Å². The summed E-state index contributed by atoms with van der Waals surface area (Å²) in [5.74, 6) is 1.58. The van der Waals surface area contributed by atoms with Crippen LogP contribution in [0.2, 0.25) is 0 Å². The highest BCUT2D eigenvalue weighted by atomic mass is 15.2. The van der Waals surface area contributed by atoms with Crippen LogP contribution >= 0.6 is 0 Å². The number of nitrogens with one attached hydrogen (secondary N) is 1. The fourth-order valence-electron chi connectivity index (χ4n) is 3.47. The Morgan fingerprint density at radius 3 is 3.11 bits per heavy atom. The van der Waals surface area contributed by atoms with Crippen molar-refractivity contribution < 1.29 is 0 Å². The van der Waals surface area contributed by atoms with E-state index in [1.165, 1.54) is 32.4 Å². The van der Waals surface area contributed by atoms with E-state index >= 15 is 0 Å². The lowest BCUT2D eigenvalue weighted by molar-refractivity contribution is 0.318. The van der Waals surface area contributed by atoms with Gasteiger partial charge < -0.3 is 11.1 Å². The SMILES string of the molecule is CCCc1c(N)ncnc1NC1CCN2CCCC12. The monoisotopic (exact) mass is 261 g/mol. The minimum absolute atomic E-state index is 0.521. The zero-order valence-corrected chi connectivity index (χ0v) is 11.6. The first-order chi connectivity index (χ1) is 9.29. The van der Waals surface area contributed by atoms with Gasteiger partial charge in [-0.25, -0.2) is 9.97 Å². The highest BCUT2D eigenvalue weighted by Gasteiger charge is 2.37. The van der Waals surface area contributed by atoms with Gasteiger partial charge in [0, 0.05) is 24.2 Å². The third-order valence-electron chi connectivity index (χ3n) is 4.41. The zero-order chi connectivity index (χ0) is 13.2. The van der Waals surface area contributed by atoms with E-state index in [1.807, 2.05) is 0 Å². The predicted octanol–water partition coefficient (Wildman–Crippen LogP) is 1.66. The molecule has 19 heavy (non-hydrogen) atoms. The molecule has 0 saturated carbocycles. The highest BCUT2D eigenvalue weighted by Crippen LogP contribution is 2.31. The molecule has 2 fully saturated rings. The van der Waals surface area contributed by atoms with Crippen LogP contribution in [0, 0.1) is 0 Å². The summed E-state index contributed by atoms with van der Waals surface area (Å²) in [6.45, 7) is 4.63. The number of hydrogen-bond donors (Lipinski definition) is 2. The maximum Gasteiger partial charge on any atom is 0.134 e. The summed E-state index contributed by atoms with van der Waals surface area (Å²) in [6, 6.07) is 1.21. The second-order valence-corrected chi connectivity index (χ2v) is 5.62. The topological polar surface area (TPSA) is 67.1 Å². The Labute approximate surface area is 114 Å². The molecular formula is C14H23N5. The molecule has 0 aromatic carbocycles. The van der Waals surface area contributed by atoms with Gasteiger partial charge in [-0.3, -0.25) is 4.90 Å². The van der Waals surface area contributed by atoms with Crippen LogP contribution in [-0.2, 0) is 6.42 Å². The van der Waals surface area contributed by atoms with E-state index in [0.717, 1.165) is 24.2 Å². The molecule has 0 spiro atoms. The molecule has 3 rings (SSSR count). The van der Waals surface area contributed by atoms with Gasteiger partial charge in [0.1, 0.15) is 18.0 Å². The molecule has 1 aromatic heterocycles. The van der Waals surface area contributed by atoms with Crippen molar-refractivity contribution in [2.75, 3.05) is 24.1 Å². The van der Waals surface area contributed by atoms with Gasteiger partial charge in [-0.1, -0.05) is 13.3 Å². The minimum Gasteiger partial charge on any atom is -0.383 e. The summed E-state index contributed by atoms with van der Waals surface area (Å²) in [7, 11) is 0. The molecule has 5 nitrogen and oxygen atoms in total. The number of nitrogen functional groups attached to an aromatic ring is 1. The van der Waals surface area contributed by atoms with E-state index in [1.54, 1.807) is 6.33 Å². The third-order valence-corrected chi connectivity index (χ3v) is 4.41. The van der Waals surface area contributed by atoms with Crippen molar-refractivity contribution in [2.24, 2.45) is 0 Å². The highest BCUT2D eigenvalue weighted by molar-refractivity contribution is 5.55. The number of fused-ring (bicyclic) bond motifs is 1. The maximum absolute atomic E-state index is 5.99. The zero-order valence-electron chi connectivity index (χ0n) is 11.6. The number of rotatable bonds is 4. The van der Waals surface area contributed by atoms with Crippen LogP contribution in [-0.4, -0.2) is 40.0 Å². The lowest BCUT2D eigenvalue weighted by atomic mass is 10.1. The van der Waals surface area contributed by atoms with Gasteiger partial charge in [-0.2, -0.15) is 0 Å². The minimum atomic E-state index is 0.521. The molecule has 2 aliphatic rings. The molecule has 0 radical (unpaired) electrons. The molecule has 1 aromatic rings. The van der Waals surface area contributed by atoms with Crippen molar-refractivity contribution in [3.63, 3.8) is 0 Å². The average molecular weight is 261 g/mol. The van der Waals surface area contributed by atoms with E-state index in [2.05, 4.69) is 27.1 Å². The van der Waals surface area contributed by atoms with Gasteiger partial charge in [-0.05, 0) is 32.2 Å². The van der Waals surface area contributed by atoms with E-state index in [-0.39, 0.29) is 0 Å². The molecule has 2 saturated heterocycles. The fourth-order valence-corrected chi connectivity index (χ4v) is 3.47. The van der Waals surface area contributed by atoms with E-state index < -0.39 is 0 Å². The van der Waals surface area contributed by atoms with Crippen LogP contribution in [0.1, 0.15) is 38.2 Å². The van der Waals surface area contributed by atoms with Crippen LogP contribution < -0.4 is 11.1 Å². The standard InChI is InChI=1S/C14H23N5/c1-2-4-10-13(15)16-9-17-14(10)18-11-6-8-19-7-3-5-12(11)19/h9,11-12H,2-8H2,1H3,(H3,15,16,17,18). The summed E-state index contributed by atoms with van der Waals surface area (Å²) in [6.07, 6.45) is 7.42. The maximum atomic E-state index is 5.99. The average Bonchev–Trinajstić information content (AvgIpc) is 2.98. The van der Waals surface area contributed by atoms with Crippen LogP contribution in [0.3, 0.4) is 0 Å². The molecule has 5 heteroatoms. The summed E-state index contributed by atoms with van der Waals surface area (Å²) in [5.41, 5.74) is 7.07. The first kappa shape index (κ1) is 12.7. The van der Waals surface area contributed by atoms with Gasteiger partial charge in [0.05, 0.1) is 0 Å². The Hall–Kier alpha value is -1.36. The van der Waals surface area contributed by atoms with Crippen LogP contribution in [0.4, 0.5) is 11.6 Å². The lowest BCUT2D eigenvalue weighted by Gasteiger charge is -2.23. The fraction of sp³-hybridized carbons (Fsp3) is 0.714. The predicted molar refractivity (Wildman–Crippen MR) is 77.1 cm³/mol. The van der Waals surface area contributed by atoms with Gasteiger partial charge >= 0.3 is 0 Å². The van der Waals surface area contributed by atoms with Gasteiger partial charge in [0.25, 0.3) is 0 Å². The number of aromatic nitrogens is 2. The Bertz CT molecular complexity index is 447. The molecule has 2 aliphatic heterocycles. The Morgan fingerprint density at radius 1 is 1.37 bits per heavy atom. The summed E-state index contributed by atoms with van der Waals surface area (Å²) in [5, 5.41) is 3.63. The molecule has 2 unspecified atom stereocenters. The van der Waals surface area contributed by atoms with Crippen LogP contribution in [0.25, 0.3) is 0 Å². The quantitative estimate of drug-likeness (QED) is 0.863. The smallest absolute Gasteiger partial charge is 0.134 e. The molecule has 0 aliphatic carbocycles. The second-order valence-electron chi connectivity index (χ2n) is 5.62. The van der Waals surface area contributed by atoms with Crippen LogP contribution in [0.15, 0.2) is 6.33 Å². The molecular weight excluding hydrogens is 238 g/mol. The van der Waals surface area contributed by atoms with E-state index in [4.69, 9.17) is 5.73 Å². The van der Waals surface area contributed by atoms with Crippen molar-refractivity contribution in [3.8, 4) is 0 Å². The largest absolute Gasteiger partial charge is 0.383 e. The number of nitrogens with two attached hydrogens (primary N) is 1. The van der Waals surface area contributed by atoms with Gasteiger partial charge in [0.2, 0.25) is 0 Å². The Balaban J connectivity index is 1.77. The molecule has 2 atom stereocenters. The van der Waals surface area contributed by atoms with Crippen molar-refractivity contribution in [2.45, 2.75) is 51.1 Å². The van der Waals surface area contributed by atoms with Gasteiger partial charge in [0.15, 0.2) is 0 Å². The molecule has 104 valence electrons. The summed E-state index contributed by atoms with van der Waals surface area (Å²) in [4.78, 5) is 11.1. The number of nitrogens with zero attached hydrogens (tertiary/aromatic N) is 3. The van der Waals surface area contributed by atoms with Crippen molar-refractivity contribution in [1.29, 1.82) is 0 Å². The first-order valence-electron chi connectivity index (χ1n) is 7.39. The normalized spacial score (nSPS) is 26.6. The molecule has 3 heterocycles. The first-order valence-corrected chi connectivity index (χ1v) is 7.39. The summed E-state index contributed by atoms with van der Waals surface area (Å²) < 4.78 is 0. The molecule has 0 amide bonds. The number of anilines is 2. The van der Waals surface area contributed by atoms with E-state index in [9.17, 15) is 0 Å². The summed E-state index contributed by atoms with van der Waals surface area (Å²) >= 11 is 0. The molecule has 0 bridgehead atoms. The Morgan fingerprint density at radius 2 is 2.26 bits per heavy atom. The lowest BCUT2D eigenvalue weighted by Crippen LogP contribution is -2.34. The van der Waals surface area contributed by atoms with Crippen molar-refractivity contribution in [3.05, 3.63) is 11.9 Å². The molecule has 3 N–H and O–H groups in total. The van der Waals surface area contributed by atoms with Crippen molar-refractivity contribution >= 4 is 11.6 Å².